The molecule has 0 N–H and O–H groups in total. The van der Waals surface area contributed by atoms with E-state index in [1.807, 2.05) is 36.8 Å². The van der Waals surface area contributed by atoms with Crippen LogP contribution in [0.1, 0.15) is 24.5 Å². The molecule has 9 heteroatoms. The maximum atomic E-state index is 11.5. The van der Waals surface area contributed by atoms with E-state index in [0.29, 0.717) is 5.76 Å². The average Bonchev–Trinajstić information content (AvgIpc) is 3.14. The number of hydrogen-bond donors (Lipinski definition) is 0. The van der Waals surface area contributed by atoms with Crippen LogP contribution in [0, 0.1) is 5.92 Å². The molecule has 0 aliphatic carbocycles. The Morgan fingerprint density at radius 2 is 2.00 bits per heavy atom. The third-order valence-corrected chi connectivity index (χ3v) is 6.61. The second-order valence-electron chi connectivity index (χ2n) is 6.76. The number of nitrogens with zero attached hydrogens (tertiary/aromatic N) is 2. The van der Waals surface area contributed by atoms with Crippen LogP contribution >= 0.6 is 22.7 Å². The summed E-state index contributed by atoms with van der Waals surface area (Å²) < 4.78 is 21.0. The van der Waals surface area contributed by atoms with Crippen molar-refractivity contribution in [2.24, 2.45) is 5.92 Å². The number of thiazole rings is 2. The van der Waals surface area contributed by atoms with Crippen molar-refractivity contribution in [2.45, 2.75) is 25.6 Å². The summed E-state index contributed by atoms with van der Waals surface area (Å²) in [6.07, 6.45) is 4.83. The van der Waals surface area contributed by atoms with E-state index in [4.69, 9.17) is 14.2 Å². The quantitative estimate of drug-likeness (QED) is 0.255. The molecule has 3 atom stereocenters. The highest BCUT2D eigenvalue weighted by Crippen LogP contribution is 2.41. The van der Waals surface area contributed by atoms with Gasteiger partial charge < -0.3 is 18.9 Å². The highest BCUT2D eigenvalue weighted by atomic mass is 32.1. The largest absolute Gasteiger partial charge is 0.500 e. The van der Waals surface area contributed by atoms with Crippen LogP contribution in [0.15, 0.2) is 28.7 Å². The molecule has 29 heavy (non-hydrogen) atoms. The van der Waals surface area contributed by atoms with Gasteiger partial charge in [-0.15, -0.1) is 22.7 Å². The fraction of sp³-hybridized carbons (Fsp3) is 0.450. The lowest BCUT2D eigenvalue weighted by Crippen LogP contribution is -2.21. The van der Waals surface area contributed by atoms with Gasteiger partial charge in [-0.05, 0) is 13.0 Å². The van der Waals surface area contributed by atoms with Gasteiger partial charge in [-0.2, -0.15) is 0 Å². The van der Waals surface area contributed by atoms with Crippen LogP contribution in [-0.2, 0) is 29.3 Å². The zero-order valence-corrected chi connectivity index (χ0v) is 18.6. The van der Waals surface area contributed by atoms with E-state index in [2.05, 4.69) is 14.7 Å². The summed E-state index contributed by atoms with van der Waals surface area (Å²) in [6, 6.07) is 0. The average molecular weight is 437 g/mol. The number of ether oxygens (including phenoxy) is 4. The van der Waals surface area contributed by atoms with E-state index < -0.39 is 5.97 Å². The number of carbonyl (C=O) groups excluding carboxylic acids is 1. The van der Waals surface area contributed by atoms with E-state index in [9.17, 15) is 4.79 Å². The van der Waals surface area contributed by atoms with Gasteiger partial charge in [0.25, 0.3) is 0 Å². The SMILES string of the molecule is COC(=O)/C=C(/OC)[C@@H](C)[C@H](/C=C/c1csc(-c2csc([C@@]3(C)CO3)n2)n1)OC. The van der Waals surface area contributed by atoms with E-state index in [0.717, 1.165) is 28.0 Å². The highest BCUT2D eigenvalue weighted by molar-refractivity contribution is 7.14. The minimum absolute atomic E-state index is 0.182. The van der Waals surface area contributed by atoms with Crippen LogP contribution in [0.2, 0.25) is 0 Å². The number of carbonyl (C=O) groups is 1. The molecule has 1 aliphatic heterocycles. The Morgan fingerprint density at radius 3 is 2.62 bits per heavy atom. The summed E-state index contributed by atoms with van der Waals surface area (Å²) in [5.74, 6) is -0.165. The smallest absolute Gasteiger partial charge is 0.333 e. The van der Waals surface area contributed by atoms with E-state index in [-0.39, 0.29) is 17.6 Å². The lowest BCUT2D eigenvalue weighted by Gasteiger charge is -2.21. The molecule has 1 fully saturated rings. The number of aromatic nitrogens is 2. The maximum Gasteiger partial charge on any atom is 0.333 e. The molecule has 0 radical (unpaired) electrons. The second kappa shape index (κ2) is 9.17. The molecule has 2 aromatic rings. The first kappa shape index (κ1) is 21.6. The number of epoxide rings is 1. The molecular weight excluding hydrogens is 412 g/mol. The molecule has 0 aromatic carbocycles. The topological polar surface area (TPSA) is 83.1 Å². The third-order valence-electron chi connectivity index (χ3n) is 4.64. The van der Waals surface area contributed by atoms with Crippen molar-refractivity contribution >= 4 is 34.7 Å². The van der Waals surface area contributed by atoms with Crippen LogP contribution in [-0.4, -0.2) is 50.0 Å². The Labute approximate surface area is 178 Å². The van der Waals surface area contributed by atoms with Crippen molar-refractivity contribution in [3.63, 3.8) is 0 Å². The predicted molar refractivity (Wildman–Crippen MR) is 113 cm³/mol. The molecule has 7 nitrogen and oxygen atoms in total. The summed E-state index contributed by atoms with van der Waals surface area (Å²) in [6.45, 7) is 4.68. The van der Waals surface area contributed by atoms with E-state index >= 15 is 0 Å². The summed E-state index contributed by atoms with van der Waals surface area (Å²) >= 11 is 3.14. The number of esters is 1. The number of rotatable bonds is 9. The van der Waals surface area contributed by atoms with Crippen molar-refractivity contribution in [1.29, 1.82) is 0 Å². The molecule has 3 heterocycles. The lowest BCUT2D eigenvalue weighted by molar-refractivity contribution is -0.135. The van der Waals surface area contributed by atoms with Crippen LogP contribution < -0.4 is 0 Å². The number of methoxy groups -OCH3 is 3. The molecule has 3 rings (SSSR count). The lowest BCUT2D eigenvalue weighted by atomic mass is 10.0. The molecule has 0 spiro atoms. The fourth-order valence-corrected chi connectivity index (χ4v) is 4.41. The van der Waals surface area contributed by atoms with Gasteiger partial charge >= 0.3 is 5.97 Å². The maximum absolute atomic E-state index is 11.5. The van der Waals surface area contributed by atoms with Gasteiger partial charge in [0.05, 0.1) is 38.7 Å². The first-order valence-electron chi connectivity index (χ1n) is 9.00. The Balaban J connectivity index is 1.70. The van der Waals surface area contributed by atoms with Crippen LogP contribution in [0.5, 0.6) is 0 Å². The first-order valence-corrected chi connectivity index (χ1v) is 10.8. The summed E-state index contributed by atoms with van der Waals surface area (Å²) in [5, 5.41) is 5.83. The number of hydrogen-bond acceptors (Lipinski definition) is 9. The van der Waals surface area contributed by atoms with Crippen molar-refractivity contribution in [3.05, 3.63) is 39.4 Å². The Bertz CT molecular complexity index is 914. The zero-order chi connectivity index (χ0) is 21.0. The molecule has 1 aliphatic rings. The van der Waals surface area contributed by atoms with Crippen molar-refractivity contribution in [1.82, 2.24) is 9.97 Å². The van der Waals surface area contributed by atoms with Crippen LogP contribution in [0.25, 0.3) is 16.8 Å². The van der Waals surface area contributed by atoms with E-state index in [1.165, 1.54) is 31.6 Å². The fourth-order valence-electron chi connectivity index (χ4n) is 2.68. The van der Waals surface area contributed by atoms with Crippen molar-refractivity contribution < 1.29 is 23.7 Å². The minimum Gasteiger partial charge on any atom is -0.500 e. The van der Waals surface area contributed by atoms with Gasteiger partial charge in [0, 0.05) is 23.8 Å². The van der Waals surface area contributed by atoms with Crippen molar-refractivity contribution in [3.8, 4) is 10.7 Å². The zero-order valence-electron chi connectivity index (χ0n) is 17.0. The van der Waals surface area contributed by atoms with Gasteiger partial charge in [0.15, 0.2) is 0 Å². The molecule has 156 valence electrons. The summed E-state index contributed by atoms with van der Waals surface area (Å²) in [5.41, 5.74) is 1.46. The first-order chi connectivity index (χ1) is 13.9. The third kappa shape index (κ3) is 5.11. The highest BCUT2D eigenvalue weighted by Gasteiger charge is 2.44. The van der Waals surface area contributed by atoms with Crippen LogP contribution in [0.4, 0.5) is 0 Å². The van der Waals surface area contributed by atoms with Gasteiger partial charge in [-0.25, -0.2) is 14.8 Å². The summed E-state index contributed by atoms with van der Waals surface area (Å²) in [4.78, 5) is 20.8. The van der Waals surface area contributed by atoms with Gasteiger partial charge in [0.2, 0.25) is 0 Å². The molecule has 0 unspecified atom stereocenters. The molecule has 1 saturated heterocycles. The van der Waals surface area contributed by atoms with E-state index in [1.54, 1.807) is 18.4 Å². The minimum atomic E-state index is -0.468. The van der Waals surface area contributed by atoms with Gasteiger partial charge in [0.1, 0.15) is 27.1 Å². The monoisotopic (exact) mass is 436 g/mol. The molecular formula is C20H24N2O5S2. The van der Waals surface area contributed by atoms with Crippen molar-refractivity contribution in [2.75, 3.05) is 27.9 Å². The second-order valence-corrected chi connectivity index (χ2v) is 8.47. The molecule has 0 amide bonds. The Hall–Kier alpha value is -2.07. The molecule has 0 bridgehead atoms. The Morgan fingerprint density at radius 1 is 1.24 bits per heavy atom. The van der Waals surface area contributed by atoms with Crippen LogP contribution in [0.3, 0.4) is 0 Å². The Kier molecular flexibility index (Phi) is 6.84. The van der Waals surface area contributed by atoms with Gasteiger partial charge in [-0.3, -0.25) is 0 Å². The molecule has 0 saturated carbocycles. The molecule has 2 aromatic heterocycles. The van der Waals surface area contributed by atoms with Gasteiger partial charge in [-0.1, -0.05) is 13.0 Å². The predicted octanol–water partition coefficient (Wildman–Crippen LogP) is 3.88. The normalized spacial score (nSPS) is 21.2. The summed E-state index contributed by atoms with van der Waals surface area (Å²) in [7, 11) is 4.46. The standard InChI is InChI=1S/C20H24N2O5S2/c1-12(16(25-4)8-17(23)26-5)15(24-3)7-6-13-9-28-18(21-13)14-10-29-19(22-14)20(2)11-27-20/h6-10,12,15H,11H2,1-5H3/b7-6+,16-8+/t12-,15-,20+/m0/s1.